The van der Waals surface area contributed by atoms with Crippen LogP contribution in [0.25, 0.3) is 0 Å². The van der Waals surface area contributed by atoms with Crippen molar-refractivity contribution in [2.24, 2.45) is 5.92 Å². The van der Waals surface area contributed by atoms with Crippen LogP contribution in [0.4, 0.5) is 0 Å². The minimum absolute atomic E-state index is 0.0343. The third-order valence-electron chi connectivity index (χ3n) is 4.80. The SMILES string of the molecule is CCc1ccc(C(=O)CCC(=O)N2CC(C(=O)O)CCC2C)cc1. The third-order valence-corrected chi connectivity index (χ3v) is 4.80. The summed E-state index contributed by atoms with van der Waals surface area (Å²) >= 11 is 0. The molecule has 1 aromatic carbocycles. The number of carboxylic acids is 1. The van der Waals surface area contributed by atoms with E-state index in [1.54, 1.807) is 17.0 Å². The number of carbonyl (C=O) groups excluding carboxylic acids is 2. The lowest BCUT2D eigenvalue weighted by Crippen LogP contribution is -2.47. The minimum atomic E-state index is -0.855. The molecule has 0 aromatic heterocycles. The fourth-order valence-corrected chi connectivity index (χ4v) is 3.09. The van der Waals surface area contributed by atoms with Gasteiger partial charge in [0, 0.05) is 31.0 Å². The predicted octanol–water partition coefficient (Wildman–Crippen LogP) is 2.92. The van der Waals surface area contributed by atoms with Gasteiger partial charge in [-0.3, -0.25) is 14.4 Å². The molecule has 0 bridgehead atoms. The number of piperidine rings is 1. The van der Waals surface area contributed by atoms with Crippen LogP contribution in [0, 0.1) is 5.92 Å². The molecule has 0 radical (unpaired) electrons. The molecule has 1 amide bonds. The summed E-state index contributed by atoms with van der Waals surface area (Å²) in [6.07, 6.45) is 2.50. The molecular weight excluding hydrogens is 306 g/mol. The van der Waals surface area contributed by atoms with Crippen LogP contribution in [-0.2, 0) is 16.0 Å². The highest BCUT2D eigenvalue weighted by Crippen LogP contribution is 2.23. The largest absolute Gasteiger partial charge is 0.481 e. The van der Waals surface area contributed by atoms with Crippen molar-refractivity contribution >= 4 is 17.7 Å². The van der Waals surface area contributed by atoms with Crippen LogP contribution in [0.3, 0.4) is 0 Å². The van der Waals surface area contributed by atoms with Gasteiger partial charge < -0.3 is 10.0 Å². The molecule has 1 aromatic rings. The van der Waals surface area contributed by atoms with Crippen LogP contribution in [0.1, 0.15) is 55.5 Å². The summed E-state index contributed by atoms with van der Waals surface area (Å²) in [7, 11) is 0. The van der Waals surface area contributed by atoms with Crippen LogP contribution < -0.4 is 0 Å². The smallest absolute Gasteiger partial charge is 0.308 e. The van der Waals surface area contributed by atoms with Crippen molar-refractivity contribution in [3.63, 3.8) is 0 Å². The van der Waals surface area contributed by atoms with Crippen molar-refractivity contribution in [1.82, 2.24) is 4.90 Å². The number of hydrogen-bond donors (Lipinski definition) is 1. The van der Waals surface area contributed by atoms with Gasteiger partial charge in [-0.1, -0.05) is 31.2 Å². The molecule has 2 atom stereocenters. The van der Waals surface area contributed by atoms with E-state index in [9.17, 15) is 14.4 Å². The minimum Gasteiger partial charge on any atom is -0.481 e. The maximum atomic E-state index is 12.4. The molecule has 2 rings (SSSR count). The van der Waals surface area contributed by atoms with E-state index in [2.05, 4.69) is 6.92 Å². The highest BCUT2D eigenvalue weighted by atomic mass is 16.4. The van der Waals surface area contributed by atoms with Gasteiger partial charge in [0.25, 0.3) is 0 Å². The monoisotopic (exact) mass is 331 g/mol. The quantitative estimate of drug-likeness (QED) is 0.813. The Hall–Kier alpha value is -2.17. The van der Waals surface area contributed by atoms with Crippen molar-refractivity contribution in [3.8, 4) is 0 Å². The second kappa shape index (κ2) is 8.08. The summed E-state index contributed by atoms with van der Waals surface area (Å²) in [5.74, 6) is -1.54. The van der Waals surface area contributed by atoms with Crippen molar-refractivity contribution in [1.29, 1.82) is 0 Å². The van der Waals surface area contributed by atoms with E-state index in [1.165, 1.54) is 5.56 Å². The molecule has 2 unspecified atom stereocenters. The van der Waals surface area contributed by atoms with Crippen LogP contribution >= 0.6 is 0 Å². The zero-order valence-electron chi connectivity index (χ0n) is 14.3. The molecule has 0 saturated carbocycles. The molecule has 24 heavy (non-hydrogen) atoms. The lowest BCUT2D eigenvalue weighted by molar-refractivity contribution is -0.147. The van der Waals surface area contributed by atoms with E-state index in [4.69, 9.17) is 5.11 Å². The number of amides is 1. The second-order valence-corrected chi connectivity index (χ2v) is 6.48. The van der Waals surface area contributed by atoms with E-state index in [1.807, 2.05) is 19.1 Å². The number of ketones is 1. The molecule has 1 heterocycles. The Kier molecular flexibility index (Phi) is 6.12. The molecule has 130 valence electrons. The molecule has 0 spiro atoms. The van der Waals surface area contributed by atoms with Gasteiger partial charge in [0.1, 0.15) is 0 Å². The normalized spacial score (nSPS) is 20.7. The number of aryl methyl sites for hydroxylation is 1. The lowest BCUT2D eigenvalue weighted by Gasteiger charge is -2.36. The van der Waals surface area contributed by atoms with E-state index >= 15 is 0 Å². The first-order valence-corrected chi connectivity index (χ1v) is 8.56. The number of benzene rings is 1. The Labute approximate surface area is 142 Å². The standard InChI is InChI=1S/C19H25NO4/c1-3-14-5-8-15(9-6-14)17(21)10-11-18(22)20-12-16(19(23)24)7-4-13(20)2/h5-6,8-9,13,16H,3-4,7,10-12H2,1-2H3,(H,23,24). The van der Waals surface area contributed by atoms with Gasteiger partial charge >= 0.3 is 5.97 Å². The van der Waals surface area contributed by atoms with Gasteiger partial charge in [-0.15, -0.1) is 0 Å². The van der Waals surface area contributed by atoms with Crippen LogP contribution in [0.5, 0.6) is 0 Å². The van der Waals surface area contributed by atoms with E-state index in [-0.39, 0.29) is 37.1 Å². The second-order valence-electron chi connectivity index (χ2n) is 6.48. The Balaban J connectivity index is 1.91. The van der Waals surface area contributed by atoms with Gasteiger partial charge in [0.05, 0.1) is 5.92 Å². The number of rotatable bonds is 6. The fraction of sp³-hybridized carbons (Fsp3) is 0.526. The van der Waals surface area contributed by atoms with Crippen molar-refractivity contribution in [3.05, 3.63) is 35.4 Å². The van der Waals surface area contributed by atoms with Crippen molar-refractivity contribution in [2.75, 3.05) is 6.54 Å². The Morgan fingerprint density at radius 2 is 1.79 bits per heavy atom. The molecule has 1 saturated heterocycles. The van der Waals surface area contributed by atoms with Crippen LogP contribution in [0.15, 0.2) is 24.3 Å². The summed E-state index contributed by atoms with van der Waals surface area (Å²) in [5, 5.41) is 9.14. The van der Waals surface area contributed by atoms with Crippen molar-refractivity contribution < 1.29 is 19.5 Å². The number of Topliss-reactive ketones (excluding diaryl/α,β-unsaturated/α-hetero) is 1. The molecule has 5 nitrogen and oxygen atoms in total. The average molecular weight is 331 g/mol. The lowest BCUT2D eigenvalue weighted by atomic mass is 9.93. The molecule has 1 N–H and O–H groups in total. The molecule has 1 aliphatic heterocycles. The summed E-state index contributed by atoms with van der Waals surface area (Å²) in [6, 6.07) is 7.50. The number of nitrogens with zero attached hydrogens (tertiary/aromatic N) is 1. The first kappa shape index (κ1) is 18.2. The first-order valence-electron chi connectivity index (χ1n) is 8.56. The topological polar surface area (TPSA) is 74.7 Å². The van der Waals surface area contributed by atoms with E-state index in [0.717, 1.165) is 6.42 Å². The van der Waals surface area contributed by atoms with Crippen LogP contribution in [-0.4, -0.2) is 40.3 Å². The number of hydrogen-bond acceptors (Lipinski definition) is 3. The zero-order valence-corrected chi connectivity index (χ0v) is 14.3. The predicted molar refractivity (Wildman–Crippen MR) is 90.9 cm³/mol. The maximum Gasteiger partial charge on any atom is 0.308 e. The Morgan fingerprint density at radius 3 is 2.38 bits per heavy atom. The summed E-state index contributed by atoms with van der Waals surface area (Å²) in [4.78, 5) is 37.4. The number of aliphatic carboxylic acids is 1. The highest BCUT2D eigenvalue weighted by Gasteiger charge is 2.32. The Morgan fingerprint density at radius 1 is 1.12 bits per heavy atom. The van der Waals surface area contributed by atoms with Gasteiger partial charge in [-0.05, 0) is 31.7 Å². The number of carbonyl (C=O) groups is 3. The maximum absolute atomic E-state index is 12.4. The van der Waals surface area contributed by atoms with Gasteiger partial charge in [0.15, 0.2) is 5.78 Å². The fourth-order valence-electron chi connectivity index (χ4n) is 3.09. The highest BCUT2D eigenvalue weighted by molar-refractivity contribution is 5.98. The van der Waals surface area contributed by atoms with Crippen LogP contribution in [0.2, 0.25) is 0 Å². The van der Waals surface area contributed by atoms with Gasteiger partial charge in [-0.25, -0.2) is 0 Å². The third kappa shape index (κ3) is 4.43. The summed E-state index contributed by atoms with van der Waals surface area (Å²) < 4.78 is 0. The molecular formula is C19H25NO4. The van der Waals surface area contributed by atoms with E-state index in [0.29, 0.717) is 18.4 Å². The van der Waals surface area contributed by atoms with Gasteiger partial charge in [-0.2, -0.15) is 0 Å². The Bertz CT molecular complexity index is 608. The summed E-state index contributed by atoms with van der Waals surface area (Å²) in [5.41, 5.74) is 1.79. The zero-order chi connectivity index (χ0) is 17.7. The number of carboxylic acid groups (broad SMARTS) is 1. The molecule has 5 heteroatoms. The van der Waals surface area contributed by atoms with Gasteiger partial charge in [0.2, 0.25) is 5.91 Å². The average Bonchev–Trinajstić information content (AvgIpc) is 2.59. The molecule has 1 aliphatic rings. The molecule has 0 aliphatic carbocycles. The first-order chi connectivity index (χ1) is 11.4. The summed E-state index contributed by atoms with van der Waals surface area (Å²) in [6.45, 7) is 4.23. The number of likely N-dealkylation sites (tertiary alicyclic amines) is 1. The van der Waals surface area contributed by atoms with Crippen molar-refractivity contribution in [2.45, 2.75) is 52.0 Å². The van der Waals surface area contributed by atoms with E-state index < -0.39 is 11.9 Å². The molecule has 1 fully saturated rings.